The van der Waals surface area contributed by atoms with Gasteiger partial charge in [-0.05, 0) is 0 Å². The SMILES string of the molecule is NN/C(=C\C(=O)O)C(=O)O. The molecule has 0 heterocycles. The fourth-order valence-corrected chi connectivity index (χ4v) is 0.289. The van der Waals surface area contributed by atoms with Crippen LogP contribution in [0.3, 0.4) is 0 Å². The molecular formula is C4H6N2O4. The summed E-state index contributed by atoms with van der Waals surface area (Å²) in [6, 6.07) is 0. The minimum atomic E-state index is -1.41. The largest absolute Gasteiger partial charge is 0.478 e. The van der Waals surface area contributed by atoms with Crippen molar-refractivity contribution < 1.29 is 19.8 Å². The molecule has 0 aliphatic carbocycles. The lowest BCUT2D eigenvalue weighted by molar-refractivity contribution is -0.135. The van der Waals surface area contributed by atoms with Crippen LogP contribution in [0.15, 0.2) is 11.8 Å². The van der Waals surface area contributed by atoms with Crippen LogP contribution in [0.2, 0.25) is 0 Å². The van der Waals surface area contributed by atoms with Gasteiger partial charge in [-0.3, -0.25) is 5.84 Å². The first-order valence-corrected chi connectivity index (χ1v) is 2.22. The maximum absolute atomic E-state index is 9.99. The molecule has 0 aliphatic heterocycles. The van der Waals surface area contributed by atoms with Crippen LogP contribution in [-0.4, -0.2) is 22.2 Å². The van der Waals surface area contributed by atoms with Crippen molar-refractivity contribution >= 4 is 11.9 Å². The summed E-state index contributed by atoms with van der Waals surface area (Å²) in [6.45, 7) is 0. The molecule has 6 heteroatoms. The summed E-state index contributed by atoms with van der Waals surface area (Å²) in [6.07, 6.45) is 0.461. The van der Waals surface area contributed by atoms with Gasteiger partial charge in [-0.25, -0.2) is 9.59 Å². The Kier molecular flexibility index (Phi) is 2.92. The van der Waals surface area contributed by atoms with E-state index in [1.54, 1.807) is 5.43 Å². The summed E-state index contributed by atoms with van der Waals surface area (Å²) in [7, 11) is 0. The number of hydrogen-bond acceptors (Lipinski definition) is 4. The Labute approximate surface area is 55.9 Å². The number of nitrogens with one attached hydrogen (secondary N) is 1. The monoisotopic (exact) mass is 146 g/mol. The van der Waals surface area contributed by atoms with Crippen LogP contribution in [0.25, 0.3) is 0 Å². The van der Waals surface area contributed by atoms with Crippen LogP contribution in [0.5, 0.6) is 0 Å². The Bertz CT molecular complexity index is 186. The van der Waals surface area contributed by atoms with E-state index in [0.29, 0.717) is 6.08 Å². The van der Waals surface area contributed by atoms with Gasteiger partial charge in [0.15, 0.2) is 0 Å². The molecule has 0 atom stereocenters. The third-order valence-electron chi connectivity index (χ3n) is 0.654. The first-order chi connectivity index (χ1) is 4.57. The Morgan fingerprint density at radius 3 is 2.00 bits per heavy atom. The highest BCUT2D eigenvalue weighted by Gasteiger charge is 2.05. The lowest BCUT2D eigenvalue weighted by Gasteiger charge is -1.95. The third-order valence-corrected chi connectivity index (χ3v) is 0.654. The van der Waals surface area contributed by atoms with Crippen molar-refractivity contribution in [3.63, 3.8) is 0 Å². The summed E-state index contributed by atoms with van der Waals surface area (Å²) in [5.74, 6) is 1.88. The normalized spacial score (nSPS) is 10.7. The van der Waals surface area contributed by atoms with Crippen molar-refractivity contribution in [1.29, 1.82) is 0 Å². The lowest BCUT2D eigenvalue weighted by atomic mass is 10.4. The molecule has 6 nitrogen and oxygen atoms in total. The quantitative estimate of drug-likeness (QED) is 0.219. The predicted octanol–water partition coefficient (Wildman–Crippen LogP) is -1.50. The predicted molar refractivity (Wildman–Crippen MR) is 30.7 cm³/mol. The van der Waals surface area contributed by atoms with E-state index in [1.807, 2.05) is 0 Å². The number of nitrogens with two attached hydrogens (primary N) is 1. The Hall–Kier alpha value is -1.56. The van der Waals surface area contributed by atoms with Crippen LogP contribution in [0.1, 0.15) is 0 Å². The lowest BCUT2D eigenvalue weighted by Crippen LogP contribution is -2.27. The molecule has 0 saturated carbocycles. The average molecular weight is 146 g/mol. The van der Waals surface area contributed by atoms with Gasteiger partial charge >= 0.3 is 11.9 Å². The van der Waals surface area contributed by atoms with Gasteiger partial charge < -0.3 is 15.6 Å². The van der Waals surface area contributed by atoms with E-state index in [4.69, 9.17) is 10.2 Å². The summed E-state index contributed by atoms with van der Waals surface area (Å²) < 4.78 is 0. The second kappa shape index (κ2) is 3.46. The number of carboxylic acids is 2. The van der Waals surface area contributed by atoms with Gasteiger partial charge in [0, 0.05) is 0 Å². The molecule has 0 rings (SSSR count). The fourth-order valence-electron chi connectivity index (χ4n) is 0.289. The van der Waals surface area contributed by atoms with Crippen molar-refractivity contribution in [3.8, 4) is 0 Å². The number of hydrazine groups is 1. The topological polar surface area (TPSA) is 113 Å². The molecule has 0 saturated heterocycles. The van der Waals surface area contributed by atoms with Crippen LogP contribution < -0.4 is 11.3 Å². The zero-order valence-corrected chi connectivity index (χ0v) is 4.87. The van der Waals surface area contributed by atoms with Gasteiger partial charge in [0.2, 0.25) is 0 Å². The molecule has 5 N–H and O–H groups in total. The van der Waals surface area contributed by atoms with E-state index < -0.39 is 17.6 Å². The maximum Gasteiger partial charge on any atom is 0.353 e. The molecule has 0 amide bonds. The van der Waals surface area contributed by atoms with Gasteiger partial charge in [0.05, 0.1) is 6.08 Å². The summed E-state index contributed by atoms with van der Waals surface area (Å²) in [4.78, 5) is 19.8. The smallest absolute Gasteiger partial charge is 0.353 e. The van der Waals surface area contributed by atoms with E-state index in [2.05, 4.69) is 5.84 Å². The van der Waals surface area contributed by atoms with Crippen molar-refractivity contribution in [2.75, 3.05) is 0 Å². The number of rotatable bonds is 3. The maximum atomic E-state index is 9.99. The average Bonchev–Trinajstić information content (AvgIpc) is 1.81. The second-order valence-electron chi connectivity index (χ2n) is 1.35. The van der Waals surface area contributed by atoms with Crippen LogP contribution in [-0.2, 0) is 9.59 Å². The van der Waals surface area contributed by atoms with Crippen LogP contribution in [0.4, 0.5) is 0 Å². The second-order valence-corrected chi connectivity index (χ2v) is 1.35. The van der Waals surface area contributed by atoms with Crippen molar-refractivity contribution in [2.24, 2.45) is 5.84 Å². The van der Waals surface area contributed by atoms with Gasteiger partial charge in [-0.2, -0.15) is 0 Å². The minimum Gasteiger partial charge on any atom is -0.478 e. The summed E-state index contributed by atoms with van der Waals surface area (Å²) in [5.41, 5.74) is 1.15. The molecule has 0 bridgehead atoms. The van der Waals surface area contributed by atoms with Gasteiger partial charge in [0.1, 0.15) is 5.70 Å². The zero-order valence-electron chi connectivity index (χ0n) is 4.87. The van der Waals surface area contributed by atoms with Crippen molar-refractivity contribution in [3.05, 3.63) is 11.8 Å². The summed E-state index contributed by atoms with van der Waals surface area (Å²) in [5, 5.41) is 16.2. The van der Waals surface area contributed by atoms with Crippen molar-refractivity contribution in [2.45, 2.75) is 0 Å². The van der Waals surface area contributed by atoms with Crippen molar-refractivity contribution in [1.82, 2.24) is 5.43 Å². The van der Waals surface area contributed by atoms with E-state index in [0.717, 1.165) is 0 Å². The van der Waals surface area contributed by atoms with Gasteiger partial charge in [-0.1, -0.05) is 0 Å². The molecule has 0 unspecified atom stereocenters. The third kappa shape index (κ3) is 2.68. The Morgan fingerprint density at radius 1 is 1.40 bits per heavy atom. The number of carbonyl (C=O) groups is 2. The molecule has 0 aliphatic rings. The first-order valence-electron chi connectivity index (χ1n) is 2.22. The highest BCUT2D eigenvalue weighted by atomic mass is 16.4. The van der Waals surface area contributed by atoms with E-state index >= 15 is 0 Å². The molecule has 0 spiro atoms. The Morgan fingerprint density at radius 2 is 1.90 bits per heavy atom. The van der Waals surface area contributed by atoms with E-state index in [9.17, 15) is 9.59 Å². The fraction of sp³-hybridized carbons (Fsp3) is 0. The van der Waals surface area contributed by atoms with Crippen LogP contribution in [0, 0.1) is 0 Å². The molecule has 0 aromatic carbocycles. The van der Waals surface area contributed by atoms with Gasteiger partial charge in [0.25, 0.3) is 0 Å². The zero-order chi connectivity index (χ0) is 8.15. The van der Waals surface area contributed by atoms with Gasteiger partial charge in [-0.15, -0.1) is 0 Å². The first kappa shape index (κ1) is 8.44. The van der Waals surface area contributed by atoms with E-state index in [-0.39, 0.29) is 0 Å². The highest BCUT2D eigenvalue weighted by molar-refractivity contribution is 5.93. The number of hydrogen-bond donors (Lipinski definition) is 4. The molecule has 0 aromatic heterocycles. The van der Waals surface area contributed by atoms with Crippen LogP contribution >= 0.6 is 0 Å². The Balaban J connectivity index is 4.34. The molecule has 10 heavy (non-hydrogen) atoms. The van der Waals surface area contributed by atoms with E-state index in [1.165, 1.54) is 0 Å². The molecule has 56 valence electrons. The molecule has 0 fully saturated rings. The highest BCUT2D eigenvalue weighted by Crippen LogP contribution is 1.84. The minimum absolute atomic E-state index is 0.461. The molecule has 0 radical (unpaired) electrons. The molecule has 0 aromatic rings. The standard InChI is InChI=1S/C4H6N2O4/c5-6-2(4(9)10)1-3(7)8/h1,6H,5H2,(H,7,8)(H,9,10)/b2-1-. The number of aliphatic carboxylic acids is 2. The number of carboxylic acid groups (broad SMARTS) is 2. The molecular weight excluding hydrogens is 140 g/mol. The summed E-state index contributed by atoms with van der Waals surface area (Å²) >= 11 is 0.